The lowest BCUT2D eigenvalue weighted by molar-refractivity contribution is -0.161. The van der Waals surface area contributed by atoms with Gasteiger partial charge in [-0.2, -0.15) is 0 Å². The highest BCUT2D eigenvalue weighted by Gasteiger charge is 2.16. The molecule has 0 aromatic heterocycles. The smallest absolute Gasteiger partial charge is 0.306 e. The van der Waals surface area contributed by atoms with Gasteiger partial charge < -0.3 is 14.6 Å². The molecular weight excluding hydrogens is 765 g/mol. The molecule has 0 spiro atoms. The molecule has 0 bridgehead atoms. The molecule has 370 valence electrons. The molecule has 0 aliphatic carbocycles. The summed E-state index contributed by atoms with van der Waals surface area (Å²) >= 11 is 0. The van der Waals surface area contributed by atoms with Crippen molar-refractivity contribution in [3.05, 3.63) is 0 Å². The van der Waals surface area contributed by atoms with E-state index in [1.807, 2.05) is 0 Å². The summed E-state index contributed by atoms with van der Waals surface area (Å²) in [7, 11) is 0. The van der Waals surface area contributed by atoms with E-state index in [1.165, 1.54) is 276 Å². The molecule has 0 saturated heterocycles. The fourth-order valence-electron chi connectivity index (χ4n) is 9.09. The highest BCUT2D eigenvalue weighted by atomic mass is 16.6. The van der Waals surface area contributed by atoms with E-state index in [9.17, 15) is 14.7 Å². The Kier molecular flexibility index (Phi) is 53.3. The highest BCUT2D eigenvalue weighted by molar-refractivity contribution is 5.70. The Labute approximate surface area is 389 Å². The largest absolute Gasteiger partial charge is 0.462 e. The van der Waals surface area contributed by atoms with Gasteiger partial charge in [0.1, 0.15) is 6.61 Å². The van der Waals surface area contributed by atoms with E-state index in [-0.39, 0.29) is 25.2 Å². The molecule has 5 nitrogen and oxygen atoms in total. The van der Waals surface area contributed by atoms with E-state index in [2.05, 4.69) is 13.8 Å². The average molecular weight is 878 g/mol. The van der Waals surface area contributed by atoms with E-state index in [0.29, 0.717) is 12.8 Å². The zero-order valence-corrected chi connectivity index (χ0v) is 42.4. The lowest BCUT2D eigenvalue weighted by Crippen LogP contribution is -2.28. The molecule has 0 heterocycles. The van der Waals surface area contributed by atoms with E-state index in [1.54, 1.807) is 0 Å². The first-order chi connectivity index (χ1) is 30.6. The zero-order valence-electron chi connectivity index (χ0n) is 42.4. The fourth-order valence-corrected chi connectivity index (χ4v) is 9.09. The second-order valence-corrected chi connectivity index (χ2v) is 19.7. The summed E-state index contributed by atoms with van der Waals surface area (Å²) in [5.41, 5.74) is 0. The number of ether oxygens (including phenoxy) is 2. The SMILES string of the molecule is CCCCCCCCCCCCCCCCCCCCCCCCCCCCCCCCCCCC(=O)OC(CO)COC(=O)CCCCCCCCCCCCCCCCC. The van der Waals surface area contributed by atoms with Gasteiger partial charge in [-0.05, 0) is 12.8 Å². The van der Waals surface area contributed by atoms with Crippen LogP contribution in [0.2, 0.25) is 0 Å². The number of aliphatic hydroxyl groups excluding tert-OH is 1. The van der Waals surface area contributed by atoms with Crippen molar-refractivity contribution in [1.29, 1.82) is 0 Å². The monoisotopic (exact) mass is 877 g/mol. The van der Waals surface area contributed by atoms with Crippen molar-refractivity contribution in [1.82, 2.24) is 0 Å². The molecule has 0 aromatic rings. The molecule has 0 saturated carbocycles. The van der Waals surface area contributed by atoms with Crippen molar-refractivity contribution in [3.63, 3.8) is 0 Å². The van der Waals surface area contributed by atoms with Crippen molar-refractivity contribution >= 4 is 11.9 Å². The summed E-state index contributed by atoms with van der Waals surface area (Å²) in [5.74, 6) is -0.566. The predicted octanol–water partition coefficient (Wildman–Crippen LogP) is 19.0. The minimum atomic E-state index is -0.763. The molecule has 5 heteroatoms. The summed E-state index contributed by atoms with van der Waals surface area (Å²) in [6.07, 6.45) is 65.3. The van der Waals surface area contributed by atoms with Gasteiger partial charge >= 0.3 is 11.9 Å². The number of hydrogen-bond acceptors (Lipinski definition) is 5. The molecule has 0 rings (SSSR count). The van der Waals surface area contributed by atoms with Crippen LogP contribution >= 0.6 is 0 Å². The molecule has 0 amide bonds. The first kappa shape index (κ1) is 60.9. The van der Waals surface area contributed by atoms with E-state index < -0.39 is 6.10 Å². The molecule has 0 radical (unpaired) electrons. The summed E-state index contributed by atoms with van der Waals surface area (Å²) in [5, 5.41) is 9.63. The number of rotatable bonds is 54. The molecule has 62 heavy (non-hydrogen) atoms. The van der Waals surface area contributed by atoms with Gasteiger partial charge in [0.05, 0.1) is 6.61 Å². The molecule has 0 aliphatic rings. The normalized spacial score (nSPS) is 12.0. The van der Waals surface area contributed by atoms with Crippen LogP contribution in [0.15, 0.2) is 0 Å². The third-order valence-electron chi connectivity index (χ3n) is 13.4. The van der Waals surface area contributed by atoms with Crippen molar-refractivity contribution in [3.8, 4) is 0 Å². The molecule has 1 unspecified atom stereocenters. The summed E-state index contributed by atoms with van der Waals surface area (Å²) in [6.45, 7) is 4.20. The number of carbonyl (C=O) groups excluding carboxylic acids is 2. The summed E-state index contributed by atoms with van der Waals surface area (Å²) in [6, 6.07) is 0. The minimum Gasteiger partial charge on any atom is -0.462 e. The predicted molar refractivity (Wildman–Crippen MR) is 270 cm³/mol. The lowest BCUT2D eigenvalue weighted by Gasteiger charge is -2.15. The van der Waals surface area contributed by atoms with Crippen molar-refractivity contribution in [2.24, 2.45) is 0 Å². The summed E-state index contributed by atoms with van der Waals surface area (Å²) < 4.78 is 10.7. The number of carbonyl (C=O) groups is 2. The van der Waals surface area contributed by atoms with Crippen LogP contribution in [0.25, 0.3) is 0 Å². The Morgan fingerprint density at radius 1 is 0.306 bits per heavy atom. The maximum Gasteiger partial charge on any atom is 0.306 e. The van der Waals surface area contributed by atoms with E-state index in [0.717, 1.165) is 32.1 Å². The van der Waals surface area contributed by atoms with Crippen molar-refractivity contribution in [2.45, 2.75) is 341 Å². The highest BCUT2D eigenvalue weighted by Crippen LogP contribution is 2.18. The minimum absolute atomic E-state index is 0.0561. The Morgan fingerprint density at radius 3 is 0.710 bits per heavy atom. The molecule has 0 aromatic carbocycles. The van der Waals surface area contributed by atoms with Gasteiger partial charge in [-0.15, -0.1) is 0 Å². The van der Waals surface area contributed by atoms with Crippen LogP contribution in [0.3, 0.4) is 0 Å². The standard InChI is InChI=1S/C57H112O5/c1-3-5-7-9-11-13-15-17-19-20-21-22-23-24-25-26-27-28-29-30-31-32-33-34-35-36-38-40-42-44-46-48-50-52-57(60)62-55(53-58)54-61-56(59)51-49-47-45-43-41-39-37-18-16-14-12-10-8-6-4-2/h55,58H,3-54H2,1-2H3. The van der Waals surface area contributed by atoms with Gasteiger partial charge in [-0.25, -0.2) is 0 Å². The number of hydrogen-bond donors (Lipinski definition) is 1. The third-order valence-corrected chi connectivity index (χ3v) is 13.4. The maximum absolute atomic E-state index is 12.3. The van der Waals surface area contributed by atoms with E-state index >= 15 is 0 Å². The number of aliphatic hydroxyl groups is 1. The fraction of sp³-hybridized carbons (Fsp3) is 0.965. The van der Waals surface area contributed by atoms with Gasteiger partial charge in [0, 0.05) is 12.8 Å². The van der Waals surface area contributed by atoms with Crippen LogP contribution in [-0.2, 0) is 19.1 Å². The zero-order chi connectivity index (χ0) is 44.9. The number of unbranched alkanes of at least 4 members (excludes halogenated alkanes) is 46. The van der Waals surface area contributed by atoms with Crippen LogP contribution in [0.1, 0.15) is 335 Å². The van der Waals surface area contributed by atoms with Gasteiger partial charge in [-0.1, -0.05) is 309 Å². The molecular formula is C57H112O5. The van der Waals surface area contributed by atoms with Gasteiger partial charge in [0.15, 0.2) is 6.10 Å². The number of esters is 2. The Balaban J connectivity index is 3.35. The first-order valence-corrected chi connectivity index (χ1v) is 28.6. The average Bonchev–Trinajstić information content (AvgIpc) is 3.28. The maximum atomic E-state index is 12.3. The van der Waals surface area contributed by atoms with Crippen molar-refractivity contribution in [2.75, 3.05) is 13.2 Å². The van der Waals surface area contributed by atoms with Gasteiger partial charge in [-0.3, -0.25) is 9.59 Å². The molecule has 1 atom stereocenters. The summed E-state index contributed by atoms with van der Waals surface area (Å²) in [4.78, 5) is 24.4. The Bertz CT molecular complexity index is 860. The van der Waals surface area contributed by atoms with Crippen LogP contribution in [0.5, 0.6) is 0 Å². The topological polar surface area (TPSA) is 72.8 Å². The van der Waals surface area contributed by atoms with Crippen LogP contribution in [0, 0.1) is 0 Å². The van der Waals surface area contributed by atoms with E-state index in [4.69, 9.17) is 9.47 Å². The second kappa shape index (κ2) is 54.2. The van der Waals surface area contributed by atoms with Crippen molar-refractivity contribution < 1.29 is 24.2 Å². The Hall–Kier alpha value is -1.10. The van der Waals surface area contributed by atoms with Crippen LogP contribution < -0.4 is 0 Å². The Morgan fingerprint density at radius 2 is 0.500 bits per heavy atom. The van der Waals surface area contributed by atoms with Gasteiger partial charge in [0.25, 0.3) is 0 Å². The lowest BCUT2D eigenvalue weighted by atomic mass is 10.0. The quantitative estimate of drug-likeness (QED) is 0.0487. The molecule has 0 fully saturated rings. The second-order valence-electron chi connectivity index (χ2n) is 19.7. The molecule has 0 aliphatic heterocycles. The van der Waals surface area contributed by atoms with Crippen LogP contribution in [-0.4, -0.2) is 36.4 Å². The van der Waals surface area contributed by atoms with Crippen LogP contribution in [0.4, 0.5) is 0 Å². The van der Waals surface area contributed by atoms with Gasteiger partial charge in [0.2, 0.25) is 0 Å². The first-order valence-electron chi connectivity index (χ1n) is 28.6. The molecule has 1 N–H and O–H groups in total. The third kappa shape index (κ3) is 51.5.